The van der Waals surface area contributed by atoms with E-state index in [-0.39, 0.29) is 0 Å². The summed E-state index contributed by atoms with van der Waals surface area (Å²) in [5.74, 6) is 1.81. The smallest absolute Gasteiger partial charge is 0.147 e. The molecule has 1 fully saturated rings. The maximum Gasteiger partial charge on any atom is 0.147 e. The van der Waals surface area contributed by atoms with Crippen molar-refractivity contribution in [2.45, 2.75) is 52.2 Å². The van der Waals surface area contributed by atoms with Gasteiger partial charge in [0.2, 0.25) is 0 Å². The van der Waals surface area contributed by atoms with Crippen LogP contribution in [0.5, 0.6) is 0 Å². The number of nitrogens with zero attached hydrogens (tertiary/aromatic N) is 6. The molecule has 6 nitrogen and oxygen atoms in total. The Labute approximate surface area is 133 Å². The lowest BCUT2D eigenvalue weighted by molar-refractivity contribution is 0.119. The molecule has 1 aliphatic rings. The van der Waals surface area contributed by atoms with E-state index in [0.717, 1.165) is 37.0 Å². The Bertz CT molecular complexity index is 610. The number of likely N-dealkylation sites (tertiary alicyclic amines) is 1. The number of piperidine rings is 1. The van der Waals surface area contributed by atoms with Gasteiger partial charge >= 0.3 is 0 Å². The van der Waals surface area contributed by atoms with E-state index in [9.17, 15) is 0 Å². The molecule has 1 atom stereocenters. The molecule has 2 aromatic rings. The molecule has 0 saturated carbocycles. The van der Waals surface area contributed by atoms with E-state index in [1.807, 2.05) is 18.5 Å². The summed E-state index contributed by atoms with van der Waals surface area (Å²) in [5, 5.41) is 8.61. The van der Waals surface area contributed by atoms with Crippen LogP contribution in [-0.2, 0) is 13.1 Å². The molecule has 21 heavy (non-hydrogen) atoms. The van der Waals surface area contributed by atoms with Gasteiger partial charge < -0.3 is 0 Å². The van der Waals surface area contributed by atoms with E-state index in [1.165, 1.54) is 30.8 Å². The van der Waals surface area contributed by atoms with Crippen LogP contribution < -0.4 is 0 Å². The van der Waals surface area contributed by atoms with Crippen LogP contribution in [0.15, 0.2) is 0 Å². The highest BCUT2D eigenvalue weighted by Gasteiger charge is 2.25. The van der Waals surface area contributed by atoms with Gasteiger partial charge in [-0.1, -0.05) is 22.5 Å². The van der Waals surface area contributed by atoms with Crippen molar-refractivity contribution in [1.29, 1.82) is 0 Å². The molecule has 0 aromatic carbocycles. The van der Waals surface area contributed by atoms with E-state index in [2.05, 4.69) is 24.6 Å². The first-order chi connectivity index (χ1) is 10.1. The molecule has 1 aliphatic heterocycles. The molecule has 0 amide bonds. The van der Waals surface area contributed by atoms with E-state index in [0.29, 0.717) is 10.4 Å². The minimum absolute atomic E-state index is 0.455. The number of aromatic nitrogens is 5. The zero-order valence-electron chi connectivity index (χ0n) is 12.3. The van der Waals surface area contributed by atoms with E-state index < -0.39 is 0 Å². The van der Waals surface area contributed by atoms with Gasteiger partial charge in [0.25, 0.3) is 0 Å². The highest BCUT2D eigenvalue weighted by atomic mass is 35.5. The van der Waals surface area contributed by atoms with Gasteiger partial charge in [-0.3, -0.25) is 4.90 Å². The average Bonchev–Trinajstić information content (AvgIpc) is 2.99. The number of hydrogen-bond acceptors (Lipinski definition) is 6. The van der Waals surface area contributed by atoms with Crippen molar-refractivity contribution in [1.82, 2.24) is 29.3 Å². The third-order valence-corrected chi connectivity index (χ3v) is 4.94. The Morgan fingerprint density at radius 3 is 2.86 bits per heavy atom. The van der Waals surface area contributed by atoms with E-state index in [4.69, 9.17) is 11.6 Å². The average molecular weight is 327 g/mol. The second-order valence-corrected chi connectivity index (χ2v) is 6.86. The topological polar surface area (TPSA) is 59.7 Å². The van der Waals surface area contributed by atoms with Gasteiger partial charge in [-0.2, -0.15) is 5.10 Å². The van der Waals surface area contributed by atoms with Crippen LogP contribution in [0.2, 0.25) is 4.34 Å². The number of halogens is 1. The summed E-state index contributed by atoms with van der Waals surface area (Å²) in [5.41, 5.74) is 0.889. The number of aryl methyl sites for hydroxylation is 2. The first kappa shape index (κ1) is 14.9. The number of rotatable bonds is 4. The van der Waals surface area contributed by atoms with Crippen molar-refractivity contribution >= 4 is 23.1 Å². The van der Waals surface area contributed by atoms with Gasteiger partial charge in [-0.05, 0) is 33.2 Å². The molecule has 3 heterocycles. The molecule has 114 valence electrons. The molecule has 0 spiro atoms. The molecular weight excluding hydrogens is 308 g/mol. The third kappa shape index (κ3) is 3.41. The lowest BCUT2D eigenvalue weighted by Crippen LogP contribution is -2.42. The van der Waals surface area contributed by atoms with Crippen molar-refractivity contribution < 1.29 is 0 Å². The van der Waals surface area contributed by atoms with Crippen LogP contribution in [-0.4, -0.2) is 41.8 Å². The normalized spacial score (nSPS) is 20.0. The summed E-state index contributed by atoms with van der Waals surface area (Å²) < 4.78 is 6.63. The van der Waals surface area contributed by atoms with Gasteiger partial charge in [0.1, 0.15) is 21.7 Å². The zero-order chi connectivity index (χ0) is 14.8. The lowest BCUT2D eigenvalue weighted by atomic mass is 10.0. The molecule has 0 aliphatic carbocycles. The van der Waals surface area contributed by atoms with Crippen molar-refractivity contribution in [2.24, 2.45) is 0 Å². The van der Waals surface area contributed by atoms with Crippen LogP contribution in [0.1, 0.15) is 36.6 Å². The number of hydrogen-bond donors (Lipinski definition) is 0. The fourth-order valence-electron chi connectivity index (χ4n) is 2.89. The Balaban J connectivity index is 1.72. The quantitative estimate of drug-likeness (QED) is 0.863. The molecule has 8 heteroatoms. The maximum absolute atomic E-state index is 6.13. The highest BCUT2D eigenvalue weighted by Crippen LogP contribution is 2.24. The SMILES string of the molecule is Cc1nc(C)n(CC2CCCCN2Cc2nnsc2Cl)n1. The summed E-state index contributed by atoms with van der Waals surface area (Å²) in [6.45, 7) is 6.66. The standard InChI is InChI=1S/C13H19ClN6S/c1-9-15-10(2)20(17-9)7-11-5-3-4-6-19(11)8-12-13(14)21-18-16-12/h11H,3-8H2,1-2H3. The summed E-state index contributed by atoms with van der Waals surface area (Å²) in [6.07, 6.45) is 3.66. The van der Waals surface area contributed by atoms with Crippen molar-refractivity contribution in [2.75, 3.05) is 6.54 Å². The molecule has 1 unspecified atom stereocenters. The lowest BCUT2D eigenvalue weighted by Gasteiger charge is -2.35. The molecule has 0 radical (unpaired) electrons. The first-order valence-corrected chi connectivity index (χ1v) is 8.37. The summed E-state index contributed by atoms with van der Waals surface area (Å²) in [4.78, 5) is 6.83. The molecule has 0 N–H and O–H groups in total. The van der Waals surface area contributed by atoms with Gasteiger partial charge in [0.05, 0.1) is 6.54 Å². The molecule has 0 bridgehead atoms. The van der Waals surface area contributed by atoms with Gasteiger partial charge in [-0.25, -0.2) is 9.67 Å². The Morgan fingerprint density at radius 1 is 1.33 bits per heavy atom. The molecule has 3 rings (SSSR count). The van der Waals surface area contributed by atoms with Gasteiger partial charge in [0, 0.05) is 24.1 Å². The van der Waals surface area contributed by atoms with Crippen LogP contribution in [0.25, 0.3) is 0 Å². The van der Waals surface area contributed by atoms with E-state index >= 15 is 0 Å². The molecular formula is C13H19ClN6S. The zero-order valence-corrected chi connectivity index (χ0v) is 13.9. The monoisotopic (exact) mass is 326 g/mol. The molecule has 1 saturated heterocycles. The maximum atomic E-state index is 6.13. The Hall–Kier alpha value is -1.05. The van der Waals surface area contributed by atoms with E-state index in [1.54, 1.807) is 0 Å². The fourth-order valence-corrected chi connectivity index (χ4v) is 3.50. The minimum Gasteiger partial charge on any atom is -0.293 e. The van der Waals surface area contributed by atoms with Crippen LogP contribution in [0.4, 0.5) is 0 Å². The fraction of sp³-hybridized carbons (Fsp3) is 0.692. The summed E-state index contributed by atoms with van der Waals surface area (Å²) in [7, 11) is 0. The second kappa shape index (κ2) is 6.37. The van der Waals surface area contributed by atoms with Crippen LogP contribution in [0.3, 0.4) is 0 Å². The van der Waals surface area contributed by atoms with Crippen molar-refractivity contribution in [3.8, 4) is 0 Å². The Kier molecular flexibility index (Phi) is 4.51. The predicted octanol–water partition coefficient (Wildman–Crippen LogP) is 2.45. The first-order valence-electron chi connectivity index (χ1n) is 7.22. The van der Waals surface area contributed by atoms with Crippen LogP contribution in [0, 0.1) is 13.8 Å². The third-order valence-electron chi connectivity index (χ3n) is 3.96. The highest BCUT2D eigenvalue weighted by molar-refractivity contribution is 7.10. The van der Waals surface area contributed by atoms with Crippen LogP contribution >= 0.6 is 23.1 Å². The molecule has 2 aromatic heterocycles. The largest absolute Gasteiger partial charge is 0.293 e. The predicted molar refractivity (Wildman–Crippen MR) is 82.5 cm³/mol. The van der Waals surface area contributed by atoms with Gasteiger partial charge in [0.15, 0.2) is 0 Å². The van der Waals surface area contributed by atoms with Crippen molar-refractivity contribution in [3.63, 3.8) is 0 Å². The Morgan fingerprint density at radius 2 is 2.19 bits per heavy atom. The van der Waals surface area contributed by atoms with Gasteiger partial charge in [-0.15, -0.1) is 5.10 Å². The van der Waals surface area contributed by atoms with Crippen molar-refractivity contribution in [3.05, 3.63) is 21.7 Å². The summed E-state index contributed by atoms with van der Waals surface area (Å²) in [6, 6.07) is 0.455. The minimum atomic E-state index is 0.455. The second-order valence-electron chi connectivity index (χ2n) is 5.50. The summed E-state index contributed by atoms with van der Waals surface area (Å²) >= 11 is 7.39.